The maximum Gasteiger partial charge on any atom is 0.273 e. The van der Waals surface area contributed by atoms with Crippen LogP contribution in [0, 0.1) is 12.8 Å². The van der Waals surface area contributed by atoms with Crippen molar-refractivity contribution in [3.63, 3.8) is 0 Å². The number of H-pyrrole nitrogens is 1. The summed E-state index contributed by atoms with van der Waals surface area (Å²) in [6, 6.07) is 5.82. The average Bonchev–Trinajstić information content (AvgIpc) is 3.28. The molecule has 1 amide bonds. The molecule has 0 atom stereocenters. The summed E-state index contributed by atoms with van der Waals surface area (Å²) in [6.45, 7) is 3.25. The van der Waals surface area contributed by atoms with Crippen molar-refractivity contribution in [1.29, 1.82) is 0 Å². The quantitative estimate of drug-likeness (QED) is 0.764. The fourth-order valence-corrected chi connectivity index (χ4v) is 4.00. The monoisotopic (exact) mass is 351 g/mol. The minimum atomic E-state index is 0.0429. The molecule has 0 aliphatic heterocycles. The molecule has 0 radical (unpaired) electrons. The molecule has 6 heteroatoms. The van der Waals surface area contributed by atoms with Crippen molar-refractivity contribution in [2.24, 2.45) is 5.92 Å². The highest BCUT2D eigenvalue weighted by molar-refractivity contribution is 5.94. The van der Waals surface area contributed by atoms with E-state index in [1.165, 1.54) is 32.1 Å². The van der Waals surface area contributed by atoms with Gasteiger partial charge in [-0.15, -0.1) is 0 Å². The van der Waals surface area contributed by atoms with Crippen LogP contribution in [0.1, 0.15) is 54.0 Å². The van der Waals surface area contributed by atoms with E-state index in [0.717, 1.165) is 23.6 Å². The van der Waals surface area contributed by atoms with Crippen molar-refractivity contribution in [1.82, 2.24) is 24.3 Å². The zero-order valence-electron chi connectivity index (χ0n) is 15.2. The molecule has 1 saturated carbocycles. The van der Waals surface area contributed by atoms with Crippen molar-refractivity contribution < 1.29 is 4.79 Å². The Kier molecular flexibility index (Phi) is 4.73. The van der Waals surface area contributed by atoms with Gasteiger partial charge in [0.25, 0.3) is 5.91 Å². The van der Waals surface area contributed by atoms with Crippen LogP contribution in [0.25, 0.3) is 5.65 Å². The zero-order chi connectivity index (χ0) is 17.9. The van der Waals surface area contributed by atoms with Crippen molar-refractivity contribution in [2.45, 2.75) is 45.6 Å². The van der Waals surface area contributed by atoms with Gasteiger partial charge in [0.15, 0.2) is 0 Å². The molecule has 0 spiro atoms. The van der Waals surface area contributed by atoms with E-state index in [9.17, 15) is 4.79 Å². The number of carbonyl (C=O) groups is 1. The molecule has 3 aromatic rings. The first-order valence-electron chi connectivity index (χ1n) is 9.42. The van der Waals surface area contributed by atoms with E-state index in [4.69, 9.17) is 0 Å². The van der Waals surface area contributed by atoms with Gasteiger partial charge in [-0.2, -0.15) is 0 Å². The van der Waals surface area contributed by atoms with Gasteiger partial charge in [-0.05, 0) is 37.8 Å². The number of carbonyl (C=O) groups excluding carboxylic acids is 1. The van der Waals surface area contributed by atoms with Gasteiger partial charge in [-0.25, -0.2) is 9.97 Å². The summed E-state index contributed by atoms with van der Waals surface area (Å²) in [5, 5.41) is 0. The Balaban J connectivity index is 1.64. The van der Waals surface area contributed by atoms with Gasteiger partial charge >= 0.3 is 0 Å². The Morgan fingerprint density at radius 2 is 2.15 bits per heavy atom. The van der Waals surface area contributed by atoms with Crippen molar-refractivity contribution >= 4 is 11.6 Å². The highest BCUT2D eigenvalue weighted by atomic mass is 16.2. The van der Waals surface area contributed by atoms with Crippen molar-refractivity contribution in [3.05, 3.63) is 54.0 Å². The smallest absolute Gasteiger partial charge is 0.273 e. The van der Waals surface area contributed by atoms with E-state index in [0.29, 0.717) is 18.2 Å². The van der Waals surface area contributed by atoms with E-state index in [2.05, 4.69) is 15.0 Å². The van der Waals surface area contributed by atoms with E-state index in [-0.39, 0.29) is 5.91 Å². The largest absolute Gasteiger partial charge is 0.347 e. The summed E-state index contributed by atoms with van der Waals surface area (Å²) in [5.74, 6) is 0.622. The molecular weight excluding hydrogens is 326 g/mol. The van der Waals surface area contributed by atoms with Gasteiger partial charge in [0, 0.05) is 18.9 Å². The Morgan fingerprint density at radius 1 is 1.31 bits per heavy atom. The number of fused-ring (bicyclic) bond motifs is 1. The Hall–Kier alpha value is -2.63. The Bertz CT molecular complexity index is 877. The number of aryl methyl sites for hydroxylation is 1. The van der Waals surface area contributed by atoms with Gasteiger partial charge in [0.2, 0.25) is 0 Å². The van der Waals surface area contributed by atoms with Crippen LogP contribution in [-0.2, 0) is 6.54 Å². The molecule has 1 fully saturated rings. The molecule has 3 aromatic heterocycles. The van der Waals surface area contributed by atoms with Crippen LogP contribution in [0.2, 0.25) is 0 Å². The Labute approximate surface area is 153 Å². The molecule has 0 unspecified atom stereocenters. The zero-order valence-corrected chi connectivity index (χ0v) is 15.2. The number of nitrogens with zero attached hydrogens (tertiary/aromatic N) is 4. The summed E-state index contributed by atoms with van der Waals surface area (Å²) in [7, 11) is 0. The van der Waals surface area contributed by atoms with Crippen LogP contribution < -0.4 is 0 Å². The molecule has 0 bridgehead atoms. The molecule has 6 nitrogen and oxygen atoms in total. The second kappa shape index (κ2) is 7.32. The average molecular weight is 351 g/mol. The van der Waals surface area contributed by atoms with E-state index in [1.54, 1.807) is 12.5 Å². The number of hydrogen-bond donors (Lipinski definition) is 1. The predicted octanol–water partition coefficient (Wildman–Crippen LogP) is 3.59. The van der Waals surface area contributed by atoms with Gasteiger partial charge in [0.1, 0.15) is 11.3 Å². The summed E-state index contributed by atoms with van der Waals surface area (Å²) in [6.07, 6.45) is 11.6. The SMILES string of the molecule is Cc1nc2ccccn2c1C(=O)N(Cc1cnc[nH]1)CC1CCCCC1. The molecular formula is C20H25N5O. The van der Waals surface area contributed by atoms with Crippen LogP contribution in [0.3, 0.4) is 0 Å². The fraction of sp³-hybridized carbons (Fsp3) is 0.450. The molecule has 3 heterocycles. The first-order chi connectivity index (χ1) is 12.7. The van der Waals surface area contributed by atoms with E-state index in [1.807, 2.05) is 40.6 Å². The van der Waals surface area contributed by atoms with Gasteiger partial charge in [-0.3, -0.25) is 9.20 Å². The third-order valence-corrected chi connectivity index (χ3v) is 5.31. The molecule has 0 aromatic carbocycles. The summed E-state index contributed by atoms with van der Waals surface area (Å²) in [5.41, 5.74) is 3.21. The number of nitrogens with one attached hydrogen (secondary N) is 1. The fourth-order valence-electron chi connectivity index (χ4n) is 4.00. The second-order valence-corrected chi connectivity index (χ2v) is 7.24. The highest BCUT2D eigenvalue weighted by Gasteiger charge is 2.26. The van der Waals surface area contributed by atoms with Crippen LogP contribution in [0.4, 0.5) is 0 Å². The normalized spacial score (nSPS) is 15.4. The van der Waals surface area contributed by atoms with Crippen LogP contribution >= 0.6 is 0 Å². The van der Waals surface area contributed by atoms with Crippen molar-refractivity contribution in [3.8, 4) is 0 Å². The summed E-state index contributed by atoms with van der Waals surface area (Å²) in [4.78, 5) is 27.2. The van der Waals surface area contributed by atoms with Gasteiger partial charge < -0.3 is 9.88 Å². The maximum atomic E-state index is 13.5. The number of rotatable bonds is 5. The standard InChI is InChI=1S/C20H25N5O/c1-15-19(25-10-6-5-9-18(25)23-15)20(26)24(13-17-11-21-14-22-17)12-16-7-3-2-4-8-16/h5-6,9-11,14,16H,2-4,7-8,12-13H2,1H3,(H,21,22). The maximum absolute atomic E-state index is 13.5. The number of hydrogen-bond acceptors (Lipinski definition) is 3. The predicted molar refractivity (Wildman–Crippen MR) is 99.8 cm³/mol. The highest BCUT2D eigenvalue weighted by Crippen LogP contribution is 2.26. The molecule has 1 N–H and O–H groups in total. The van der Waals surface area contributed by atoms with Crippen LogP contribution in [-0.4, -0.2) is 36.7 Å². The summed E-state index contributed by atoms with van der Waals surface area (Å²) >= 11 is 0. The lowest BCUT2D eigenvalue weighted by molar-refractivity contribution is 0.0689. The number of amides is 1. The first kappa shape index (κ1) is 16.8. The molecule has 0 saturated heterocycles. The Morgan fingerprint density at radius 3 is 2.92 bits per heavy atom. The third-order valence-electron chi connectivity index (χ3n) is 5.31. The number of pyridine rings is 1. The van der Waals surface area contributed by atoms with Gasteiger partial charge in [-0.1, -0.05) is 25.3 Å². The molecule has 1 aliphatic rings. The van der Waals surface area contributed by atoms with E-state index < -0.39 is 0 Å². The molecule has 1 aliphatic carbocycles. The van der Waals surface area contributed by atoms with E-state index >= 15 is 0 Å². The lowest BCUT2D eigenvalue weighted by Crippen LogP contribution is -2.36. The second-order valence-electron chi connectivity index (χ2n) is 7.24. The van der Waals surface area contributed by atoms with Gasteiger partial charge in [0.05, 0.1) is 24.3 Å². The lowest BCUT2D eigenvalue weighted by Gasteiger charge is -2.29. The van der Waals surface area contributed by atoms with Crippen LogP contribution in [0.5, 0.6) is 0 Å². The minimum absolute atomic E-state index is 0.0429. The molecule has 136 valence electrons. The molecule has 26 heavy (non-hydrogen) atoms. The lowest BCUT2D eigenvalue weighted by atomic mass is 9.89. The van der Waals surface area contributed by atoms with Crippen molar-refractivity contribution in [2.75, 3.05) is 6.54 Å². The number of aromatic nitrogens is 4. The number of imidazole rings is 2. The van der Waals surface area contributed by atoms with Crippen LogP contribution in [0.15, 0.2) is 36.9 Å². The summed E-state index contributed by atoms with van der Waals surface area (Å²) < 4.78 is 1.90. The number of aromatic amines is 1. The minimum Gasteiger partial charge on any atom is -0.347 e. The topological polar surface area (TPSA) is 66.3 Å². The first-order valence-corrected chi connectivity index (χ1v) is 9.42. The molecule has 4 rings (SSSR count). The third kappa shape index (κ3) is 3.36.